The molecule has 1 unspecified atom stereocenters. The smallest absolute Gasteiger partial charge is 0.0483 e. The van der Waals surface area contributed by atoms with E-state index in [1.807, 2.05) is 0 Å². The lowest BCUT2D eigenvalue weighted by molar-refractivity contribution is 0.474. The van der Waals surface area contributed by atoms with Crippen LogP contribution in [0.1, 0.15) is 30.1 Å². The lowest BCUT2D eigenvalue weighted by Crippen LogP contribution is -2.23. The molecule has 2 aromatic rings. The fourth-order valence-electron chi connectivity index (χ4n) is 3.10. The Kier molecular flexibility index (Phi) is 2.25. The molecule has 0 saturated heterocycles. The molecule has 2 heteroatoms. The number of hydrogen-bond donors (Lipinski definition) is 1. The molecule has 1 heterocycles. The summed E-state index contributed by atoms with van der Waals surface area (Å²) in [6, 6.07) is 9.28. The molecule has 16 heavy (non-hydrogen) atoms. The summed E-state index contributed by atoms with van der Waals surface area (Å²) >= 11 is 0. The van der Waals surface area contributed by atoms with Crippen LogP contribution in [0, 0.1) is 0 Å². The number of benzene rings is 1. The zero-order valence-corrected chi connectivity index (χ0v) is 9.96. The summed E-state index contributed by atoms with van der Waals surface area (Å²) in [6.07, 6.45) is 3.79. The number of aryl methyl sites for hydroxylation is 2. The molecule has 1 N–H and O–H groups in total. The molecule has 0 aliphatic heterocycles. The summed E-state index contributed by atoms with van der Waals surface area (Å²) in [6.45, 7) is 0. The second-order valence-electron chi connectivity index (χ2n) is 4.67. The molecule has 84 valence electrons. The quantitative estimate of drug-likeness (QED) is 0.772. The van der Waals surface area contributed by atoms with Gasteiger partial charge in [0, 0.05) is 29.7 Å². The standard InChI is InChI=1S/C14H18N2/c1-15-12-8-5-7-11-10-6-3-4-9-13(10)16(2)14(11)12/h3-4,6,9,12,15H,5,7-8H2,1-2H3. The van der Waals surface area contributed by atoms with Gasteiger partial charge in [-0.05, 0) is 37.9 Å². The van der Waals surface area contributed by atoms with Gasteiger partial charge in [-0.2, -0.15) is 0 Å². The van der Waals surface area contributed by atoms with E-state index in [9.17, 15) is 0 Å². The van der Waals surface area contributed by atoms with E-state index in [2.05, 4.69) is 48.2 Å². The molecule has 0 spiro atoms. The third-order valence-corrected chi connectivity index (χ3v) is 3.86. The van der Waals surface area contributed by atoms with Gasteiger partial charge in [-0.1, -0.05) is 18.2 Å². The summed E-state index contributed by atoms with van der Waals surface area (Å²) in [5.41, 5.74) is 4.42. The highest BCUT2D eigenvalue weighted by Crippen LogP contribution is 2.36. The summed E-state index contributed by atoms with van der Waals surface area (Å²) in [5.74, 6) is 0. The van der Waals surface area contributed by atoms with Crippen molar-refractivity contribution in [1.82, 2.24) is 9.88 Å². The molecular weight excluding hydrogens is 196 g/mol. The number of hydrogen-bond acceptors (Lipinski definition) is 1. The van der Waals surface area contributed by atoms with E-state index >= 15 is 0 Å². The first-order chi connectivity index (χ1) is 7.83. The van der Waals surface area contributed by atoms with E-state index in [1.54, 1.807) is 5.56 Å². The van der Waals surface area contributed by atoms with Gasteiger partial charge < -0.3 is 9.88 Å². The minimum absolute atomic E-state index is 0.529. The van der Waals surface area contributed by atoms with Crippen LogP contribution in [-0.2, 0) is 13.5 Å². The molecule has 0 bridgehead atoms. The van der Waals surface area contributed by atoms with E-state index < -0.39 is 0 Å². The van der Waals surface area contributed by atoms with Crippen molar-refractivity contribution in [2.75, 3.05) is 7.05 Å². The van der Waals surface area contributed by atoms with Gasteiger partial charge in [0.05, 0.1) is 0 Å². The van der Waals surface area contributed by atoms with Crippen molar-refractivity contribution in [3.63, 3.8) is 0 Å². The Morgan fingerprint density at radius 1 is 1.31 bits per heavy atom. The van der Waals surface area contributed by atoms with E-state index in [0.29, 0.717) is 6.04 Å². The predicted octanol–water partition coefficient (Wildman–Crippen LogP) is 2.78. The molecule has 3 rings (SSSR count). The summed E-state index contributed by atoms with van der Waals surface area (Å²) in [5, 5.41) is 4.89. The third-order valence-electron chi connectivity index (χ3n) is 3.86. The first kappa shape index (κ1) is 9.91. The van der Waals surface area contributed by atoms with E-state index in [0.717, 1.165) is 0 Å². The molecule has 2 nitrogen and oxygen atoms in total. The number of rotatable bonds is 1. The minimum atomic E-state index is 0.529. The van der Waals surface area contributed by atoms with Crippen molar-refractivity contribution >= 4 is 10.9 Å². The average molecular weight is 214 g/mol. The number of aromatic nitrogens is 1. The number of nitrogens with one attached hydrogen (secondary N) is 1. The average Bonchev–Trinajstić information content (AvgIpc) is 2.64. The largest absolute Gasteiger partial charge is 0.346 e. The van der Waals surface area contributed by atoms with Gasteiger partial charge in [0.15, 0.2) is 0 Å². The van der Waals surface area contributed by atoms with Crippen molar-refractivity contribution in [3.8, 4) is 0 Å². The summed E-state index contributed by atoms with van der Waals surface area (Å²) in [7, 11) is 4.26. The molecule has 1 aromatic carbocycles. The molecule has 1 aromatic heterocycles. The second-order valence-corrected chi connectivity index (χ2v) is 4.67. The Hall–Kier alpha value is -1.28. The topological polar surface area (TPSA) is 17.0 Å². The Balaban J connectivity index is 2.33. The predicted molar refractivity (Wildman–Crippen MR) is 67.7 cm³/mol. The SMILES string of the molecule is CNC1CCCc2c1n(C)c1ccccc21. The Morgan fingerprint density at radius 3 is 2.94 bits per heavy atom. The maximum absolute atomic E-state index is 3.44. The molecule has 1 aliphatic carbocycles. The molecule has 0 fully saturated rings. The fraction of sp³-hybridized carbons (Fsp3) is 0.429. The molecule has 0 saturated carbocycles. The third kappa shape index (κ3) is 1.23. The molecule has 1 atom stereocenters. The normalized spacial score (nSPS) is 20.0. The molecule has 0 radical (unpaired) electrons. The van der Waals surface area contributed by atoms with Gasteiger partial charge >= 0.3 is 0 Å². The van der Waals surface area contributed by atoms with Gasteiger partial charge in [-0.25, -0.2) is 0 Å². The van der Waals surface area contributed by atoms with Gasteiger partial charge in [-0.15, -0.1) is 0 Å². The van der Waals surface area contributed by atoms with Crippen LogP contribution in [0.4, 0.5) is 0 Å². The van der Waals surface area contributed by atoms with Crippen molar-refractivity contribution in [3.05, 3.63) is 35.5 Å². The lowest BCUT2D eigenvalue weighted by Gasteiger charge is -2.24. The highest BCUT2D eigenvalue weighted by Gasteiger charge is 2.24. The molecular formula is C14H18N2. The Morgan fingerprint density at radius 2 is 2.12 bits per heavy atom. The van der Waals surface area contributed by atoms with Crippen molar-refractivity contribution in [2.24, 2.45) is 7.05 Å². The van der Waals surface area contributed by atoms with E-state index in [-0.39, 0.29) is 0 Å². The minimum Gasteiger partial charge on any atom is -0.346 e. The van der Waals surface area contributed by atoms with Crippen molar-refractivity contribution < 1.29 is 0 Å². The number of para-hydroxylation sites is 1. The summed E-state index contributed by atoms with van der Waals surface area (Å²) in [4.78, 5) is 0. The van der Waals surface area contributed by atoms with E-state index in [4.69, 9.17) is 0 Å². The molecule has 0 amide bonds. The van der Waals surface area contributed by atoms with Crippen LogP contribution in [0.5, 0.6) is 0 Å². The van der Waals surface area contributed by atoms with Crippen molar-refractivity contribution in [1.29, 1.82) is 0 Å². The van der Waals surface area contributed by atoms with Gasteiger partial charge in [0.25, 0.3) is 0 Å². The number of fused-ring (bicyclic) bond motifs is 3. The highest BCUT2D eigenvalue weighted by molar-refractivity contribution is 5.86. The Bertz CT molecular complexity index is 525. The number of nitrogens with zero attached hydrogens (tertiary/aromatic N) is 1. The van der Waals surface area contributed by atoms with Crippen LogP contribution in [0.3, 0.4) is 0 Å². The van der Waals surface area contributed by atoms with Crippen LogP contribution in [0.2, 0.25) is 0 Å². The Labute approximate surface area is 96.3 Å². The monoisotopic (exact) mass is 214 g/mol. The van der Waals surface area contributed by atoms with Crippen molar-refractivity contribution in [2.45, 2.75) is 25.3 Å². The van der Waals surface area contributed by atoms with Crippen LogP contribution < -0.4 is 5.32 Å². The maximum Gasteiger partial charge on any atom is 0.0483 e. The van der Waals surface area contributed by atoms with Gasteiger partial charge in [0.2, 0.25) is 0 Å². The zero-order chi connectivity index (χ0) is 11.1. The first-order valence-electron chi connectivity index (χ1n) is 6.06. The van der Waals surface area contributed by atoms with Crippen LogP contribution in [0.25, 0.3) is 10.9 Å². The maximum atomic E-state index is 3.44. The molecule has 1 aliphatic rings. The van der Waals surface area contributed by atoms with Crippen LogP contribution in [0.15, 0.2) is 24.3 Å². The fourth-order valence-corrected chi connectivity index (χ4v) is 3.10. The van der Waals surface area contributed by atoms with Crippen LogP contribution in [-0.4, -0.2) is 11.6 Å². The van der Waals surface area contributed by atoms with Crippen LogP contribution >= 0.6 is 0 Å². The summed E-state index contributed by atoms with van der Waals surface area (Å²) < 4.78 is 2.37. The highest BCUT2D eigenvalue weighted by atomic mass is 15.0. The van der Waals surface area contributed by atoms with E-state index in [1.165, 1.54) is 35.9 Å². The van der Waals surface area contributed by atoms with Gasteiger partial charge in [-0.3, -0.25) is 0 Å². The van der Waals surface area contributed by atoms with Gasteiger partial charge in [0.1, 0.15) is 0 Å². The first-order valence-corrected chi connectivity index (χ1v) is 6.06. The zero-order valence-electron chi connectivity index (χ0n) is 9.96. The lowest BCUT2D eigenvalue weighted by atomic mass is 9.92. The second kappa shape index (κ2) is 3.63.